The maximum absolute atomic E-state index is 14.8. The molecule has 4 rings (SSSR count). The van der Waals surface area contributed by atoms with Gasteiger partial charge >= 0.3 is 0 Å². The minimum absolute atomic E-state index is 0.0115. The molecule has 1 saturated heterocycles. The Bertz CT molecular complexity index is 1210. The third-order valence-electron chi connectivity index (χ3n) is 6.21. The van der Waals surface area contributed by atoms with Gasteiger partial charge in [-0.2, -0.15) is 0 Å². The molecule has 0 radical (unpaired) electrons. The number of nitrogens with one attached hydrogen (secondary N) is 4. The molecule has 4 N–H and O–H groups in total. The maximum Gasteiger partial charge on any atom is 0.273 e. The molecule has 0 spiro atoms. The molecule has 35 heavy (non-hydrogen) atoms. The Labute approximate surface area is 202 Å². The number of aromatic amines is 1. The van der Waals surface area contributed by atoms with Crippen molar-refractivity contribution < 1.29 is 23.2 Å². The fourth-order valence-corrected chi connectivity index (χ4v) is 4.68. The van der Waals surface area contributed by atoms with Gasteiger partial charge in [0.1, 0.15) is 0 Å². The Morgan fingerprint density at radius 1 is 1.23 bits per heavy atom. The quantitative estimate of drug-likeness (QED) is 0.449. The van der Waals surface area contributed by atoms with Crippen molar-refractivity contribution in [3.8, 4) is 0 Å². The van der Waals surface area contributed by atoms with Gasteiger partial charge in [-0.3, -0.25) is 14.4 Å². The molecule has 3 heterocycles. The number of fused-ring (bicyclic) bond motifs is 1. The van der Waals surface area contributed by atoms with Crippen molar-refractivity contribution in [2.24, 2.45) is 0 Å². The molecule has 1 fully saturated rings. The van der Waals surface area contributed by atoms with Crippen molar-refractivity contribution in [3.05, 3.63) is 46.3 Å². The highest BCUT2D eigenvalue weighted by molar-refractivity contribution is 6.35. The fourth-order valence-electron chi connectivity index (χ4n) is 4.68. The number of hydrogen-bond acceptors (Lipinski definition) is 4. The lowest BCUT2D eigenvalue weighted by molar-refractivity contribution is -0.114. The summed E-state index contributed by atoms with van der Waals surface area (Å²) in [6.45, 7) is 6.63. The molecule has 0 unspecified atom stereocenters. The molecule has 3 amide bonds. The van der Waals surface area contributed by atoms with E-state index in [-0.39, 0.29) is 28.4 Å². The van der Waals surface area contributed by atoms with Gasteiger partial charge in [-0.25, -0.2) is 8.78 Å². The second kappa shape index (κ2) is 9.61. The molecule has 2 aliphatic heterocycles. The van der Waals surface area contributed by atoms with Gasteiger partial charge in [0.25, 0.3) is 17.7 Å². The van der Waals surface area contributed by atoms with E-state index in [1.807, 2.05) is 0 Å². The van der Waals surface area contributed by atoms with Crippen molar-refractivity contribution in [2.75, 3.05) is 36.8 Å². The summed E-state index contributed by atoms with van der Waals surface area (Å²) < 4.78 is 29.6. The summed E-state index contributed by atoms with van der Waals surface area (Å²) in [5.74, 6) is -4.66. The molecule has 0 bridgehead atoms. The first-order chi connectivity index (χ1) is 16.5. The summed E-state index contributed by atoms with van der Waals surface area (Å²) in [5.41, 5.74) is 1.30. The first-order valence-corrected chi connectivity index (χ1v) is 11.6. The normalized spacial score (nSPS) is 16.9. The van der Waals surface area contributed by atoms with Crippen LogP contribution in [0.5, 0.6) is 0 Å². The topological polar surface area (TPSA) is 106 Å². The van der Waals surface area contributed by atoms with E-state index in [1.165, 1.54) is 13.0 Å². The molecule has 10 heteroatoms. The van der Waals surface area contributed by atoms with Crippen molar-refractivity contribution in [1.29, 1.82) is 0 Å². The third kappa shape index (κ3) is 5.27. The highest BCUT2D eigenvalue weighted by Gasteiger charge is 2.36. The Morgan fingerprint density at radius 2 is 1.94 bits per heavy atom. The Kier molecular flexibility index (Phi) is 6.75. The van der Waals surface area contributed by atoms with E-state index in [9.17, 15) is 23.2 Å². The minimum atomic E-state index is -3.34. The number of carbonyl (C=O) groups is 3. The number of benzene rings is 1. The Hall–Kier alpha value is -3.53. The molecule has 0 atom stereocenters. The standard InChI is InChI=1S/C25H29F2N5O3/c1-14-21(24(35)28-8-11-32-9-4-5-10-32)22(25(3,26)27)20(29-14)13-18-17-12-16(30-15(2)33)6-7-19(17)31-23(18)34/h6-7,12-13,29H,4-5,8-11H2,1-3H3,(H,28,35)(H,30,33)(H,31,34)/b18-13-. The second-order valence-corrected chi connectivity index (χ2v) is 9.06. The SMILES string of the molecule is CC(=O)Nc1ccc2c(c1)/C(=C/c1[nH]c(C)c(C(=O)NCCN3CCCC3)c1C(C)(F)F)C(=O)N2. The summed E-state index contributed by atoms with van der Waals surface area (Å²) in [4.78, 5) is 42.1. The summed E-state index contributed by atoms with van der Waals surface area (Å²) in [6.07, 6.45) is 3.58. The van der Waals surface area contributed by atoms with Crippen molar-refractivity contribution in [1.82, 2.24) is 15.2 Å². The summed E-state index contributed by atoms with van der Waals surface area (Å²) in [5, 5.41) is 8.11. The van der Waals surface area contributed by atoms with Crippen LogP contribution in [0.25, 0.3) is 11.6 Å². The van der Waals surface area contributed by atoms with Gasteiger partial charge < -0.3 is 25.8 Å². The van der Waals surface area contributed by atoms with Crippen molar-refractivity contribution in [3.63, 3.8) is 0 Å². The van der Waals surface area contributed by atoms with Crippen LogP contribution in [0.1, 0.15) is 59.6 Å². The Morgan fingerprint density at radius 3 is 2.60 bits per heavy atom. The van der Waals surface area contributed by atoms with E-state index < -0.39 is 23.3 Å². The zero-order chi connectivity index (χ0) is 25.3. The molecule has 0 saturated carbocycles. The number of anilines is 2. The van der Waals surface area contributed by atoms with E-state index in [0.717, 1.165) is 32.9 Å². The lowest BCUT2D eigenvalue weighted by Gasteiger charge is -2.16. The van der Waals surface area contributed by atoms with Gasteiger partial charge in [0.2, 0.25) is 5.91 Å². The number of nitrogens with zero attached hydrogens (tertiary/aromatic N) is 1. The molecule has 1 aromatic heterocycles. The molecular weight excluding hydrogens is 456 g/mol. The van der Waals surface area contributed by atoms with Crippen LogP contribution >= 0.6 is 0 Å². The van der Waals surface area contributed by atoms with Gasteiger partial charge in [0.05, 0.1) is 16.7 Å². The molecule has 0 aliphatic carbocycles. The monoisotopic (exact) mass is 485 g/mol. The predicted octanol–water partition coefficient (Wildman–Crippen LogP) is 3.71. The number of likely N-dealkylation sites (tertiary alicyclic amines) is 1. The number of hydrogen-bond donors (Lipinski definition) is 4. The highest BCUT2D eigenvalue weighted by atomic mass is 19.3. The van der Waals surface area contributed by atoms with Gasteiger partial charge in [-0.05, 0) is 57.1 Å². The van der Waals surface area contributed by atoms with Crippen LogP contribution in [0, 0.1) is 6.92 Å². The second-order valence-electron chi connectivity index (χ2n) is 9.06. The van der Waals surface area contributed by atoms with Crippen LogP contribution in [0.4, 0.5) is 20.2 Å². The third-order valence-corrected chi connectivity index (χ3v) is 6.21. The average molecular weight is 486 g/mol. The number of halogens is 2. The summed E-state index contributed by atoms with van der Waals surface area (Å²) in [6, 6.07) is 4.87. The lowest BCUT2D eigenvalue weighted by Crippen LogP contribution is -2.34. The zero-order valence-electron chi connectivity index (χ0n) is 20.0. The minimum Gasteiger partial charge on any atom is -0.358 e. The van der Waals surface area contributed by atoms with E-state index in [1.54, 1.807) is 25.1 Å². The van der Waals surface area contributed by atoms with Crippen LogP contribution in [-0.4, -0.2) is 53.8 Å². The molecule has 8 nitrogen and oxygen atoms in total. The molecule has 186 valence electrons. The van der Waals surface area contributed by atoms with Gasteiger partial charge in [0, 0.05) is 55.3 Å². The predicted molar refractivity (Wildman–Crippen MR) is 130 cm³/mol. The van der Waals surface area contributed by atoms with Gasteiger partial charge in [-0.1, -0.05) is 0 Å². The average Bonchev–Trinajstić information content (AvgIpc) is 3.46. The molecule has 2 aromatic rings. The summed E-state index contributed by atoms with van der Waals surface area (Å²) in [7, 11) is 0. The van der Waals surface area contributed by atoms with E-state index in [4.69, 9.17) is 0 Å². The molecule has 1 aromatic carbocycles. The Balaban J connectivity index is 1.67. The number of amides is 3. The van der Waals surface area contributed by atoms with Crippen LogP contribution < -0.4 is 16.0 Å². The molecular formula is C25H29F2N5O3. The maximum atomic E-state index is 14.8. The van der Waals surface area contributed by atoms with E-state index >= 15 is 0 Å². The first-order valence-electron chi connectivity index (χ1n) is 11.6. The zero-order valence-corrected chi connectivity index (χ0v) is 20.0. The number of alkyl halides is 2. The van der Waals surface area contributed by atoms with Gasteiger partial charge in [0.15, 0.2) is 0 Å². The fraction of sp³-hybridized carbons (Fsp3) is 0.400. The van der Waals surface area contributed by atoms with Gasteiger partial charge in [-0.15, -0.1) is 0 Å². The number of carbonyl (C=O) groups excluding carboxylic acids is 3. The van der Waals surface area contributed by atoms with Crippen LogP contribution in [-0.2, 0) is 15.5 Å². The van der Waals surface area contributed by atoms with Crippen LogP contribution in [0.15, 0.2) is 18.2 Å². The number of H-pyrrole nitrogens is 1. The molecule has 2 aliphatic rings. The number of rotatable bonds is 7. The van der Waals surface area contributed by atoms with E-state index in [0.29, 0.717) is 30.0 Å². The number of aryl methyl sites for hydroxylation is 1. The largest absolute Gasteiger partial charge is 0.358 e. The smallest absolute Gasteiger partial charge is 0.273 e. The highest BCUT2D eigenvalue weighted by Crippen LogP contribution is 2.39. The summed E-state index contributed by atoms with van der Waals surface area (Å²) >= 11 is 0. The van der Waals surface area contributed by atoms with E-state index in [2.05, 4.69) is 25.8 Å². The van der Waals surface area contributed by atoms with Crippen molar-refractivity contribution in [2.45, 2.75) is 39.5 Å². The lowest BCUT2D eigenvalue weighted by atomic mass is 9.99. The first kappa shape index (κ1) is 24.6. The number of aromatic nitrogens is 1. The van der Waals surface area contributed by atoms with Crippen molar-refractivity contribution >= 4 is 40.7 Å². The van der Waals surface area contributed by atoms with Crippen LogP contribution in [0.2, 0.25) is 0 Å². The van der Waals surface area contributed by atoms with Crippen LogP contribution in [0.3, 0.4) is 0 Å².